The van der Waals surface area contributed by atoms with Crippen molar-refractivity contribution in [2.24, 2.45) is 5.92 Å². The lowest BCUT2D eigenvalue weighted by molar-refractivity contribution is -0.143. The third kappa shape index (κ3) is 1.62. The smallest absolute Gasteiger partial charge is 0.310 e. The first kappa shape index (κ1) is 9.52. The van der Waals surface area contributed by atoms with Gasteiger partial charge < -0.3 is 9.84 Å². The molecule has 3 nitrogen and oxygen atoms in total. The molecule has 2 rings (SSSR count). The predicted molar refractivity (Wildman–Crippen MR) is 54.5 cm³/mol. The van der Waals surface area contributed by atoms with Crippen molar-refractivity contribution in [1.29, 1.82) is 0 Å². The standard InChI is InChI=1S/C10H9BrO3/c11-8-3-1-2-6-4-7(10(12)13)5-14-9(6)8/h1-3,7H,4-5H2,(H,12,13)/t7-/m0/s1. The third-order valence-corrected chi connectivity index (χ3v) is 2.92. The lowest BCUT2D eigenvalue weighted by Crippen LogP contribution is -2.27. The number of hydrogen-bond donors (Lipinski definition) is 1. The summed E-state index contributed by atoms with van der Waals surface area (Å²) in [6.07, 6.45) is 0.546. The maximum absolute atomic E-state index is 10.8. The van der Waals surface area contributed by atoms with Crippen LogP contribution in [0, 0.1) is 5.92 Å². The number of carbonyl (C=O) groups is 1. The summed E-state index contributed by atoms with van der Waals surface area (Å²) >= 11 is 3.37. The summed E-state index contributed by atoms with van der Waals surface area (Å²) in [6, 6.07) is 5.67. The van der Waals surface area contributed by atoms with Gasteiger partial charge in [0, 0.05) is 0 Å². The van der Waals surface area contributed by atoms with Gasteiger partial charge in [0.15, 0.2) is 0 Å². The highest BCUT2D eigenvalue weighted by Crippen LogP contribution is 2.34. The molecule has 0 saturated heterocycles. The Morgan fingerprint density at radius 3 is 3.07 bits per heavy atom. The van der Waals surface area contributed by atoms with Crippen molar-refractivity contribution in [2.75, 3.05) is 6.61 Å². The minimum absolute atomic E-state index is 0.255. The second-order valence-corrected chi connectivity index (χ2v) is 4.13. The molecule has 1 aliphatic heterocycles. The van der Waals surface area contributed by atoms with Gasteiger partial charge in [-0.05, 0) is 34.0 Å². The van der Waals surface area contributed by atoms with Crippen molar-refractivity contribution in [2.45, 2.75) is 6.42 Å². The highest BCUT2D eigenvalue weighted by Gasteiger charge is 2.26. The highest BCUT2D eigenvalue weighted by molar-refractivity contribution is 9.10. The Hall–Kier alpha value is -1.03. The van der Waals surface area contributed by atoms with Crippen molar-refractivity contribution in [3.05, 3.63) is 28.2 Å². The van der Waals surface area contributed by atoms with Gasteiger partial charge in [-0.1, -0.05) is 12.1 Å². The van der Waals surface area contributed by atoms with E-state index in [1.807, 2.05) is 18.2 Å². The maximum Gasteiger partial charge on any atom is 0.310 e. The molecule has 0 fully saturated rings. The number of rotatable bonds is 1. The van der Waals surface area contributed by atoms with E-state index < -0.39 is 11.9 Å². The molecular weight excluding hydrogens is 248 g/mol. The number of carboxylic acid groups (broad SMARTS) is 1. The van der Waals surface area contributed by atoms with E-state index in [2.05, 4.69) is 15.9 Å². The van der Waals surface area contributed by atoms with Gasteiger partial charge in [-0.2, -0.15) is 0 Å². The second-order valence-electron chi connectivity index (χ2n) is 3.28. The number of hydrogen-bond acceptors (Lipinski definition) is 2. The van der Waals surface area contributed by atoms with E-state index in [1.54, 1.807) is 0 Å². The fourth-order valence-corrected chi connectivity index (χ4v) is 2.06. The summed E-state index contributed by atoms with van der Waals surface area (Å²) in [5.41, 5.74) is 0.957. The van der Waals surface area contributed by atoms with Crippen molar-refractivity contribution < 1.29 is 14.6 Å². The second kappa shape index (κ2) is 3.61. The van der Waals surface area contributed by atoms with Crippen molar-refractivity contribution >= 4 is 21.9 Å². The molecule has 0 spiro atoms. The Labute approximate surface area is 89.8 Å². The fraction of sp³-hybridized carbons (Fsp3) is 0.300. The van der Waals surface area contributed by atoms with Crippen LogP contribution < -0.4 is 4.74 Å². The Bertz CT molecular complexity index is 376. The fourth-order valence-electron chi connectivity index (χ4n) is 1.54. The van der Waals surface area contributed by atoms with E-state index in [9.17, 15) is 4.79 Å². The molecule has 1 aromatic rings. The average molecular weight is 257 g/mol. The summed E-state index contributed by atoms with van der Waals surface area (Å²) in [5, 5.41) is 8.84. The Morgan fingerprint density at radius 2 is 2.36 bits per heavy atom. The molecule has 1 atom stereocenters. The highest BCUT2D eigenvalue weighted by atomic mass is 79.9. The minimum atomic E-state index is -0.796. The van der Waals surface area contributed by atoms with Gasteiger partial charge >= 0.3 is 5.97 Å². The number of fused-ring (bicyclic) bond motifs is 1. The minimum Gasteiger partial charge on any atom is -0.491 e. The van der Waals surface area contributed by atoms with Crippen LogP contribution in [-0.2, 0) is 11.2 Å². The van der Waals surface area contributed by atoms with Crippen LogP contribution in [0.15, 0.2) is 22.7 Å². The number of benzene rings is 1. The van der Waals surface area contributed by atoms with Crippen LogP contribution in [0.2, 0.25) is 0 Å². The molecular formula is C10H9BrO3. The van der Waals surface area contributed by atoms with Gasteiger partial charge in [-0.25, -0.2) is 0 Å². The molecule has 0 unspecified atom stereocenters. The molecule has 1 aliphatic rings. The number of halogens is 1. The number of aliphatic carboxylic acids is 1. The molecule has 0 bridgehead atoms. The first-order chi connectivity index (χ1) is 6.68. The molecule has 0 radical (unpaired) electrons. The zero-order valence-corrected chi connectivity index (χ0v) is 8.95. The SMILES string of the molecule is O=C(O)[C@@H]1COc2c(Br)cccc2C1. The van der Waals surface area contributed by atoms with Gasteiger partial charge in [-0.15, -0.1) is 0 Å². The molecule has 1 aromatic carbocycles. The zero-order valence-electron chi connectivity index (χ0n) is 7.37. The van der Waals surface area contributed by atoms with E-state index in [1.165, 1.54) is 0 Å². The van der Waals surface area contributed by atoms with Crippen molar-refractivity contribution in [1.82, 2.24) is 0 Å². The monoisotopic (exact) mass is 256 g/mol. The largest absolute Gasteiger partial charge is 0.491 e. The van der Waals surface area contributed by atoms with Crippen LogP contribution >= 0.6 is 15.9 Å². The molecule has 0 amide bonds. The third-order valence-electron chi connectivity index (χ3n) is 2.29. The van der Waals surface area contributed by atoms with Crippen molar-refractivity contribution in [3.63, 3.8) is 0 Å². The van der Waals surface area contributed by atoms with Crippen LogP contribution in [-0.4, -0.2) is 17.7 Å². The quantitative estimate of drug-likeness (QED) is 0.837. The molecule has 1 heterocycles. The zero-order chi connectivity index (χ0) is 10.1. The van der Waals surface area contributed by atoms with Crippen molar-refractivity contribution in [3.8, 4) is 5.75 Å². The molecule has 74 valence electrons. The van der Waals surface area contributed by atoms with Gasteiger partial charge in [0.1, 0.15) is 12.4 Å². The molecule has 0 aromatic heterocycles. The molecule has 14 heavy (non-hydrogen) atoms. The van der Waals surface area contributed by atoms with E-state index in [0.717, 1.165) is 15.8 Å². The first-order valence-electron chi connectivity index (χ1n) is 4.31. The van der Waals surface area contributed by atoms with Crippen LogP contribution in [0.3, 0.4) is 0 Å². The Balaban J connectivity index is 2.31. The number of para-hydroxylation sites is 1. The number of carboxylic acids is 1. The molecule has 1 N–H and O–H groups in total. The molecule has 0 aliphatic carbocycles. The van der Waals surface area contributed by atoms with E-state index in [4.69, 9.17) is 9.84 Å². The van der Waals surface area contributed by atoms with E-state index >= 15 is 0 Å². The summed E-state index contributed by atoms with van der Waals surface area (Å²) in [4.78, 5) is 10.8. The van der Waals surface area contributed by atoms with Gasteiger partial charge in [-0.3, -0.25) is 4.79 Å². The van der Waals surface area contributed by atoms with Crippen LogP contribution in [0.4, 0.5) is 0 Å². The molecule has 4 heteroatoms. The summed E-state index contributed by atoms with van der Waals surface area (Å²) in [5.74, 6) is -0.433. The predicted octanol–water partition coefficient (Wildman–Crippen LogP) is 2.08. The van der Waals surface area contributed by atoms with Crippen LogP contribution in [0.5, 0.6) is 5.75 Å². The topological polar surface area (TPSA) is 46.5 Å². The average Bonchev–Trinajstić information content (AvgIpc) is 2.17. The maximum atomic E-state index is 10.8. The first-order valence-corrected chi connectivity index (χ1v) is 5.11. The summed E-state index contributed by atoms with van der Waals surface area (Å²) in [6.45, 7) is 0.255. The lowest BCUT2D eigenvalue weighted by Gasteiger charge is -2.23. The van der Waals surface area contributed by atoms with E-state index in [-0.39, 0.29) is 6.61 Å². The van der Waals surface area contributed by atoms with Crippen LogP contribution in [0.1, 0.15) is 5.56 Å². The van der Waals surface area contributed by atoms with Gasteiger partial charge in [0.2, 0.25) is 0 Å². The van der Waals surface area contributed by atoms with Gasteiger partial charge in [0.05, 0.1) is 10.4 Å². The van der Waals surface area contributed by atoms with E-state index in [0.29, 0.717) is 6.42 Å². The normalized spacial score (nSPS) is 19.6. The number of ether oxygens (including phenoxy) is 1. The lowest BCUT2D eigenvalue weighted by atomic mass is 9.97. The van der Waals surface area contributed by atoms with Crippen LogP contribution in [0.25, 0.3) is 0 Å². The summed E-state index contributed by atoms with van der Waals surface area (Å²) in [7, 11) is 0. The Morgan fingerprint density at radius 1 is 1.57 bits per heavy atom. The van der Waals surface area contributed by atoms with Gasteiger partial charge in [0.25, 0.3) is 0 Å². The summed E-state index contributed by atoms with van der Waals surface area (Å²) < 4.78 is 6.29. The Kier molecular flexibility index (Phi) is 2.46. The molecule has 0 saturated carbocycles.